The molecule has 1 saturated heterocycles. The summed E-state index contributed by atoms with van der Waals surface area (Å²) in [5.41, 5.74) is 2.77. The highest BCUT2D eigenvalue weighted by Gasteiger charge is 2.75. The van der Waals surface area contributed by atoms with Gasteiger partial charge in [-0.2, -0.15) is 18.6 Å². The number of hydrogen-bond donors (Lipinski definition) is 1. The number of hydrogen-bond acceptors (Lipinski definition) is 7. The molecule has 1 saturated carbocycles. The third-order valence-electron chi connectivity index (χ3n) is 7.49. The molecule has 2 bridgehead atoms. The molecule has 5 rings (SSSR count). The van der Waals surface area contributed by atoms with Crippen LogP contribution in [-0.2, 0) is 30.7 Å². The molecular formula is C22H25NO7S. The Balaban J connectivity index is 1.63. The van der Waals surface area contributed by atoms with Gasteiger partial charge < -0.3 is 8.92 Å². The van der Waals surface area contributed by atoms with Gasteiger partial charge in [-0.25, -0.2) is 4.89 Å². The molecule has 4 atom stereocenters. The van der Waals surface area contributed by atoms with Crippen LogP contribution in [0.25, 0.3) is 0 Å². The predicted octanol–water partition coefficient (Wildman–Crippen LogP) is 3.93. The second-order valence-electron chi connectivity index (χ2n) is 8.83. The summed E-state index contributed by atoms with van der Waals surface area (Å²) in [6.45, 7) is 0. The number of fused-ring (bicyclic) bond motifs is 1. The number of rotatable bonds is 4. The highest BCUT2D eigenvalue weighted by Crippen LogP contribution is 2.66. The zero-order valence-corrected chi connectivity index (χ0v) is 18.1. The number of benzene rings is 1. The average molecular weight is 448 g/mol. The lowest BCUT2D eigenvalue weighted by atomic mass is 9.53. The zero-order chi connectivity index (χ0) is 21.9. The van der Waals surface area contributed by atoms with Gasteiger partial charge in [0.1, 0.15) is 6.07 Å². The van der Waals surface area contributed by atoms with Crippen LogP contribution < -0.4 is 4.18 Å². The minimum absolute atomic E-state index is 0.0250. The first kappa shape index (κ1) is 20.9. The molecule has 1 spiro atoms. The second-order valence-corrected chi connectivity index (χ2v) is 9.86. The van der Waals surface area contributed by atoms with Crippen molar-refractivity contribution in [1.82, 2.24) is 0 Å². The van der Waals surface area contributed by atoms with Crippen LogP contribution in [0.3, 0.4) is 0 Å². The van der Waals surface area contributed by atoms with Gasteiger partial charge in [0, 0.05) is 24.5 Å². The van der Waals surface area contributed by atoms with Crippen molar-refractivity contribution in [3.63, 3.8) is 0 Å². The lowest BCUT2D eigenvalue weighted by molar-refractivity contribution is -0.639. The van der Waals surface area contributed by atoms with Crippen LogP contribution in [0, 0.1) is 23.2 Å². The van der Waals surface area contributed by atoms with Gasteiger partial charge in [-0.05, 0) is 57.1 Å². The Bertz CT molecular complexity index is 1090. The molecule has 9 heteroatoms. The van der Waals surface area contributed by atoms with Crippen molar-refractivity contribution in [2.24, 2.45) is 11.8 Å². The normalized spacial score (nSPS) is 34.6. The van der Waals surface area contributed by atoms with Gasteiger partial charge >= 0.3 is 10.4 Å². The summed E-state index contributed by atoms with van der Waals surface area (Å²) in [6, 6.07) is 6.38. The van der Waals surface area contributed by atoms with Crippen molar-refractivity contribution in [3.8, 4) is 11.8 Å². The van der Waals surface area contributed by atoms with Crippen molar-refractivity contribution in [3.05, 3.63) is 40.5 Å². The molecule has 0 radical (unpaired) electrons. The maximum absolute atomic E-state index is 11.3. The van der Waals surface area contributed by atoms with Crippen molar-refractivity contribution in [1.29, 1.82) is 5.26 Å². The van der Waals surface area contributed by atoms with Crippen molar-refractivity contribution < 1.29 is 31.7 Å². The van der Waals surface area contributed by atoms with E-state index in [0.29, 0.717) is 5.56 Å². The Kier molecular flexibility index (Phi) is 4.92. The second kappa shape index (κ2) is 7.29. The van der Waals surface area contributed by atoms with E-state index in [9.17, 15) is 13.7 Å². The van der Waals surface area contributed by atoms with E-state index in [1.807, 2.05) is 6.07 Å². The quantitative estimate of drug-likeness (QED) is 0.419. The maximum Gasteiger partial charge on any atom is 0.446 e. The summed E-state index contributed by atoms with van der Waals surface area (Å²) in [6.07, 6.45) is 8.63. The third kappa shape index (κ3) is 2.97. The van der Waals surface area contributed by atoms with Crippen LogP contribution in [-0.4, -0.2) is 25.7 Å². The van der Waals surface area contributed by atoms with Crippen LogP contribution in [0.2, 0.25) is 0 Å². The van der Waals surface area contributed by atoms with Gasteiger partial charge in [0.2, 0.25) is 0 Å². The zero-order valence-electron chi connectivity index (χ0n) is 17.3. The summed E-state index contributed by atoms with van der Waals surface area (Å²) in [4.78, 5) is 11.7. The van der Waals surface area contributed by atoms with Crippen molar-refractivity contribution >= 4 is 10.4 Å². The molecule has 1 heterocycles. The van der Waals surface area contributed by atoms with Crippen molar-refractivity contribution in [2.45, 2.75) is 62.8 Å². The van der Waals surface area contributed by atoms with E-state index in [4.69, 9.17) is 19.1 Å². The molecule has 31 heavy (non-hydrogen) atoms. The minimum atomic E-state index is -4.80. The van der Waals surface area contributed by atoms with Gasteiger partial charge in [-0.15, -0.1) is 0 Å². The van der Waals surface area contributed by atoms with Gasteiger partial charge in [0.05, 0.1) is 5.56 Å². The standard InChI is InChI=1S/C22H25NO7S/c1-27-22(17-10-9-15(13-23)20(12-17)28-31(24,25)26)21(29-30-22)16-6-4-8-19(21)18-7-3-2-5-14(18)11-16/h9-10,12,16,19H,2-8,11H2,1H3,(H,24,25,26). The Morgan fingerprint density at radius 1 is 1.19 bits per heavy atom. The fraction of sp³-hybridized carbons (Fsp3) is 0.591. The van der Waals surface area contributed by atoms with Crippen LogP contribution in [0.1, 0.15) is 62.5 Å². The monoisotopic (exact) mass is 447 g/mol. The first-order chi connectivity index (χ1) is 14.8. The predicted molar refractivity (Wildman–Crippen MR) is 108 cm³/mol. The van der Waals surface area contributed by atoms with E-state index in [1.54, 1.807) is 18.7 Å². The smallest absolute Gasteiger partial charge is 0.360 e. The van der Waals surface area contributed by atoms with E-state index < -0.39 is 21.8 Å². The summed E-state index contributed by atoms with van der Waals surface area (Å²) < 4.78 is 42.5. The van der Waals surface area contributed by atoms with E-state index in [2.05, 4.69) is 4.18 Å². The molecule has 1 aliphatic heterocycles. The van der Waals surface area contributed by atoms with E-state index >= 15 is 0 Å². The molecule has 4 aliphatic rings. The summed E-state index contributed by atoms with van der Waals surface area (Å²) in [5, 5.41) is 9.34. The molecule has 2 fully saturated rings. The van der Waals surface area contributed by atoms with Crippen LogP contribution >= 0.6 is 0 Å². The molecule has 166 valence electrons. The van der Waals surface area contributed by atoms with E-state index in [-0.39, 0.29) is 23.1 Å². The number of allylic oxidation sites excluding steroid dienone is 1. The SMILES string of the molecule is COC1(c2ccc(C#N)c(OS(=O)(=O)O)c2)OOC12C1CCCC2C2=C(CCCC2)C1. The summed E-state index contributed by atoms with van der Waals surface area (Å²) in [7, 11) is -3.26. The lowest BCUT2D eigenvalue weighted by Gasteiger charge is -2.65. The molecule has 1 aromatic rings. The van der Waals surface area contributed by atoms with Gasteiger partial charge in [0.25, 0.3) is 5.79 Å². The topological polar surface area (TPSA) is 115 Å². The average Bonchev–Trinajstić information content (AvgIpc) is 2.72. The fourth-order valence-electron chi connectivity index (χ4n) is 6.34. The molecule has 0 amide bonds. The van der Waals surface area contributed by atoms with Crippen molar-refractivity contribution in [2.75, 3.05) is 7.11 Å². The highest BCUT2D eigenvalue weighted by atomic mass is 32.3. The first-order valence-electron chi connectivity index (χ1n) is 10.7. The van der Waals surface area contributed by atoms with Crippen LogP contribution in [0.5, 0.6) is 5.75 Å². The van der Waals surface area contributed by atoms with Gasteiger partial charge in [-0.3, -0.25) is 4.55 Å². The Labute approximate surface area is 181 Å². The highest BCUT2D eigenvalue weighted by molar-refractivity contribution is 7.81. The van der Waals surface area contributed by atoms with Crippen LogP contribution in [0.4, 0.5) is 0 Å². The third-order valence-corrected chi connectivity index (χ3v) is 7.88. The Morgan fingerprint density at radius 2 is 2.00 bits per heavy atom. The number of nitrogens with zero attached hydrogens (tertiary/aromatic N) is 1. The summed E-state index contributed by atoms with van der Waals surface area (Å²) in [5.74, 6) is -1.17. The number of ether oxygens (including phenoxy) is 1. The lowest BCUT2D eigenvalue weighted by Crippen LogP contribution is -2.74. The Hall–Kier alpha value is -1.96. The Morgan fingerprint density at radius 3 is 2.68 bits per heavy atom. The summed E-state index contributed by atoms with van der Waals surface area (Å²) >= 11 is 0. The largest absolute Gasteiger partial charge is 0.446 e. The van der Waals surface area contributed by atoms with Gasteiger partial charge in [0.15, 0.2) is 11.4 Å². The van der Waals surface area contributed by atoms with Crippen LogP contribution in [0.15, 0.2) is 29.3 Å². The molecule has 1 aromatic carbocycles. The fourth-order valence-corrected chi connectivity index (χ4v) is 6.70. The molecule has 1 N–H and O–H groups in total. The molecule has 0 aromatic heterocycles. The minimum Gasteiger partial charge on any atom is -0.360 e. The first-order valence-corrected chi connectivity index (χ1v) is 12.1. The molecule has 8 nitrogen and oxygen atoms in total. The molecule has 4 unspecified atom stereocenters. The molecule has 3 aliphatic carbocycles. The number of methoxy groups -OCH3 is 1. The van der Waals surface area contributed by atoms with E-state index in [1.165, 1.54) is 30.5 Å². The molecular weight excluding hydrogens is 422 g/mol. The maximum atomic E-state index is 11.3. The number of nitriles is 1. The van der Waals surface area contributed by atoms with E-state index in [0.717, 1.165) is 38.5 Å². The van der Waals surface area contributed by atoms with Gasteiger partial charge in [-0.1, -0.05) is 23.6 Å².